The molecule has 0 spiro atoms. The number of nitrogens with zero attached hydrogens (tertiary/aromatic N) is 1. The molecular formula is C13H26N2O. The Bertz CT molecular complexity index is 184. The van der Waals surface area contributed by atoms with Crippen LogP contribution in [0.5, 0.6) is 0 Å². The van der Waals surface area contributed by atoms with Crippen molar-refractivity contribution in [1.82, 2.24) is 10.2 Å². The third-order valence-corrected chi connectivity index (χ3v) is 2.48. The molecule has 3 nitrogen and oxygen atoms in total. The van der Waals surface area contributed by atoms with Gasteiger partial charge in [-0.1, -0.05) is 32.8 Å². The van der Waals surface area contributed by atoms with Crippen LogP contribution in [0.4, 0.5) is 4.79 Å². The zero-order chi connectivity index (χ0) is 12.2. The summed E-state index contributed by atoms with van der Waals surface area (Å²) < 4.78 is 0. The van der Waals surface area contributed by atoms with E-state index >= 15 is 0 Å². The standard InChI is InChI=1S/C13H26N2O/c1-4-7-10-14-13(16)15(11-8-5-2)12-9-6-3/h4H,1,5-12H2,2-3H3,(H,14,16). The van der Waals surface area contributed by atoms with E-state index in [1.807, 2.05) is 11.0 Å². The van der Waals surface area contributed by atoms with E-state index < -0.39 is 0 Å². The zero-order valence-electron chi connectivity index (χ0n) is 10.8. The molecule has 16 heavy (non-hydrogen) atoms. The van der Waals surface area contributed by atoms with Crippen LogP contribution < -0.4 is 5.32 Å². The lowest BCUT2D eigenvalue weighted by molar-refractivity contribution is 0.196. The number of hydrogen-bond donors (Lipinski definition) is 1. The number of hydrogen-bond acceptors (Lipinski definition) is 1. The van der Waals surface area contributed by atoms with Crippen LogP contribution in [0.2, 0.25) is 0 Å². The molecule has 94 valence electrons. The summed E-state index contributed by atoms with van der Waals surface area (Å²) in [7, 11) is 0. The van der Waals surface area contributed by atoms with Gasteiger partial charge in [0.25, 0.3) is 0 Å². The van der Waals surface area contributed by atoms with Gasteiger partial charge in [0.1, 0.15) is 0 Å². The second-order valence-electron chi connectivity index (χ2n) is 4.00. The van der Waals surface area contributed by atoms with Gasteiger partial charge in [0.05, 0.1) is 0 Å². The second kappa shape index (κ2) is 10.5. The molecule has 0 aromatic rings. The number of amides is 2. The van der Waals surface area contributed by atoms with Crippen LogP contribution >= 0.6 is 0 Å². The van der Waals surface area contributed by atoms with Crippen LogP contribution in [-0.2, 0) is 0 Å². The number of carbonyl (C=O) groups excluding carboxylic acids is 1. The van der Waals surface area contributed by atoms with E-state index in [2.05, 4.69) is 25.7 Å². The molecule has 0 aliphatic rings. The minimum atomic E-state index is 0.0729. The molecule has 0 aromatic carbocycles. The van der Waals surface area contributed by atoms with E-state index in [0.717, 1.165) is 45.2 Å². The highest BCUT2D eigenvalue weighted by Gasteiger charge is 2.10. The highest BCUT2D eigenvalue weighted by molar-refractivity contribution is 5.74. The number of unbranched alkanes of at least 4 members (excludes halogenated alkanes) is 2. The number of urea groups is 1. The van der Waals surface area contributed by atoms with Gasteiger partial charge < -0.3 is 10.2 Å². The summed E-state index contributed by atoms with van der Waals surface area (Å²) in [5, 5.41) is 2.92. The molecule has 0 rings (SSSR count). The van der Waals surface area contributed by atoms with Gasteiger partial charge in [-0.15, -0.1) is 6.58 Å². The molecule has 0 unspecified atom stereocenters. The highest BCUT2D eigenvalue weighted by Crippen LogP contribution is 1.99. The van der Waals surface area contributed by atoms with E-state index in [9.17, 15) is 4.79 Å². The van der Waals surface area contributed by atoms with Crippen LogP contribution in [0.3, 0.4) is 0 Å². The Morgan fingerprint density at radius 3 is 2.25 bits per heavy atom. The lowest BCUT2D eigenvalue weighted by Gasteiger charge is -2.22. The van der Waals surface area contributed by atoms with Crippen LogP contribution in [0.1, 0.15) is 46.0 Å². The third kappa shape index (κ3) is 7.32. The van der Waals surface area contributed by atoms with E-state index in [1.165, 1.54) is 0 Å². The molecule has 0 saturated carbocycles. The predicted molar refractivity (Wildman–Crippen MR) is 69.6 cm³/mol. The molecule has 0 bridgehead atoms. The van der Waals surface area contributed by atoms with E-state index in [0.29, 0.717) is 6.54 Å². The smallest absolute Gasteiger partial charge is 0.317 e. The fourth-order valence-electron chi connectivity index (χ4n) is 1.41. The van der Waals surface area contributed by atoms with Crippen LogP contribution in [0, 0.1) is 0 Å². The lowest BCUT2D eigenvalue weighted by atomic mass is 10.3. The van der Waals surface area contributed by atoms with Crippen molar-refractivity contribution < 1.29 is 4.79 Å². The number of carbonyl (C=O) groups is 1. The van der Waals surface area contributed by atoms with Crippen molar-refractivity contribution in [1.29, 1.82) is 0 Å². The van der Waals surface area contributed by atoms with Crippen molar-refractivity contribution in [2.75, 3.05) is 19.6 Å². The van der Waals surface area contributed by atoms with Crippen molar-refractivity contribution in [3.05, 3.63) is 12.7 Å². The maximum atomic E-state index is 11.8. The quantitative estimate of drug-likeness (QED) is 0.475. The Kier molecular flexibility index (Phi) is 9.87. The molecule has 0 heterocycles. The topological polar surface area (TPSA) is 32.3 Å². The Hall–Kier alpha value is -0.990. The van der Waals surface area contributed by atoms with Crippen LogP contribution in [0.25, 0.3) is 0 Å². The minimum Gasteiger partial charge on any atom is -0.338 e. The predicted octanol–water partition coefficient (Wildman–Crippen LogP) is 3.17. The summed E-state index contributed by atoms with van der Waals surface area (Å²) in [6, 6.07) is 0.0729. The lowest BCUT2D eigenvalue weighted by Crippen LogP contribution is -2.41. The first-order chi connectivity index (χ1) is 7.76. The summed E-state index contributed by atoms with van der Waals surface area (Å²) >= 11 is 0. The van der Waals surface area contributed by atoms with Crippen molar-refractivity contribution in [3.8, 4) is 0 Å². The van der Waals surface area contributed by atoms with Gasteiger partial charge in [0.2, 0.25) is 0 Å². The average molecular weight is 226 g/mol. The Morgan fingerprint density at radius 1 is 1.25 bits per heavy atom. The van der Waals surface area contributed by atoms with E-state index in [1.54, 1.807) is 0 Å². The normalized spacial score (nSPS) is 9.88. The average Bonchev–Trinajstić information content (AvgIpc) is 2.29. The van der Waals surface area contributed by atoms with Crippen LogP contribution in [-0.4, -0.2) is 30.6 Å². The maximum absolute atomic E-state index is 11.8. The van der Waals surface area contributed by atoms with Gasteiger partial charge in [-0.05, 0) is 19.3 Å². The summed E-state index contributed by atoms with van der Waals surface area (Å²) in [5.74, 6) is 0. The third-order valence-electron chi connectivity index (χ3n) is 2.48. The molecule has 0 aromatic heterocycles. The molecule has 3 heteroatoms. The van der Waals surface area contributed by atoms with Crippen molar-refractivity contribution in [2.45, 2.75) is 46.0 Å². The monoisotopic (exact) mass is 226 g/mol. The molecule has 0 saturated heterocycles. The first-order valence-corrected chi connectivity index (χ1v) is 6.39. The molecule has 0 aliphatic carbocycles. The van der Waals surface area contributed by atoms with Crippen molar-refractivity contribution >= 4 is 6.03 Å². The van der Waals surface area contributed by atoms with Gasteiger partial charge in [-0.25, -0.2) is 4.79 Å². The highest BCUT2D eigenvalue weighted by atomic mass is 16.2. The summed E-state index contributed by atoms with van der Waals surface area (Å²) in [6.07, 6.45) is 7.08. The minimum absolute atomic E-state index is 0.0729. The van der Waals surface area contributed by atoms with Crippen molar-refractivity contribution in [2.24, 2.45) is 0 Å². The number of rotatable bonds is 9. The summed E-state index contributed by atoms with van der Waals surface area (Å²) in [6.45, 7) is 10.4. The van der Waals surface area contributed by atoms with Gasteiger partial charge in [-0.3, -0.25) is 0 Å². The number of nitrogens with one attached hydrogen (secondary N) is 1. The molecule has 0 fully saturated rings. The van der Waals surface area contributed by atoms with Crippen molar-refractivity contribution in [3.63, 3.8) is 0 Å². The Balaban J connectivity index is 3.93. The van der Waals surface area contributed by atoms with Crippen LogP contribution in [0.15, 0.2) is 12.7 Å². The second-order valence-corrected chi connectivity index (χ2v) is 4.00. The Morgan fingerprint density at radius 2 is 1.81 bits per heavy atom. The van der Waals surface area contributed by atoms with E-state index in [4.69, 9.17) is 0 Å². The maximum Gasteiger partial charge on any atom is 0.317 e. The molecule has 1 N–H and O–H groups in total. The summed E-state index contributed by atoms with van der Waals surface area (Å²) in [4.78, 5) is 13.7. The Labute approximate surface area is 99.9 Å². The first-order valence-electron chi connectivity index (χ1n) is 6.39. The molecule has 0 atom stereocenters. The van der Waals surface area contributed by atoms with E-state index in [-0.39, 0.29) is 6.03 Å². The first kappa shape index (κ1) is 15.0. The summed E-state index contributed by atoms with van der Waals surface area (Å²) in [5.41, 5.74) is 0. The fourth-order valence-corrected chi connectivity index (χ4v) is 1.41. The molecule has 0 aliphatic heterocycles. The molecule has 2 amide bonds. The molecule has 0 radical (unpaired) electrons. The fraction of sp³-hybridized carbons (Fsp3) is 0.769. The SMILES string of the molecule is C=CCCNC(=O)N(CCCC)CCCC. The zero-order valence-corrected chi connectivity index (χ0v) is 10.8. The molecular weight excluding hydrogens is 200 g/mol. The van der Waals surface area contributed by atoms with Gasteiger partial charge in [0.15, 0.2) is 0 Å². The largest absolute Gasteiger partial charge is 0.338 e. The van der Waals surface area contributed by atoms with Gasteiger partial charge in [-0.2, -0.15) is 0 Å². The van der Waals surface area contributed by atoms with Gasteiger partial charge in [0, 0.05) is 19.6 Å². The van der Waals surface area contributed by atoms with Gasteiger partial charge >= 0.3 is 6.03 Å².